The number of hydrogen-bond acceptors (Lipinski definition) is 7. The van der Waals surface area contributed by atoms with E-state index in [1.165, 1.54) is 11.6 Å². The molecular weight excluding hydrogens is 484 g/mol. The highest BCUT2D eigenvalue weighted by atomic mass is 79.9. The molecule has 0 heterocycles. The van der Waals surface area contributed by atoms with Gasteiger partial charge in [0.15, 0.2) is 6.10 Å². The van der Waals surface area contributed by atoms with E-state index in [-0.39, 0.29) is 19.8 Å². The van der Waals surface area contributed by atoms with Crippen LogP contribution in [0.25, 0.3) is 0 Å². The van der Waals surface area contributed by atoms with Gasteiger partial charge >= 0.3 is 6.09 Å². The Balaban J connectivity index is 2.27. The average molecular weight is 509 g/mol. The molecule has 2 aromatic rings. The standard InChI is InChI=1S/C22H25BrN2O7/c1-2-30-19(11-12-20(27)25-29)21(15-3-9-18(10-4-15)31-14-13-26)32-22(28)24-17-7-5-16(23)6-8-17/h3-12,19,21,26,29H,2,13-14H2,1H3,(H,24,28)(H,25,27)/b12-11+/t19-,21-/m0/s1. The maximum absolute atomic E-state index is 12.6. The number of aliphatic hydroxyl groups is 1. The minimum absolute atomic E-state index is 0.117. The maximum Gasteiger partial charge on any atom is 0.412 e. The molecule has 0 aromatic heterocycles. The predicted molar refractivity (Wildman–Crippen MR) is 120 cm³/mol. The molecule has 0 aliphatic rings. The van der Waals surface area contributed by atoms with E-state index in [4.69, 9.17) is 24.5 Å². The Morgan fingerprint density at radius 2 is 1.81 bits per heavy atom. The van der Waals surface area contributed by atoms with Crippen molar-refractivity contribution in [2.45, 2.75) is 19.1 Å². The predicted octanol–water partition coefficient (Wildman–Crippen LogP) is 3.58. The zero-order valence-corrected chi connectivity index (χ0v) is 18.9. The van der Waals surface area contributed by atoms with Crippen molar-refractivity contribution in [3.05, 3.63) is 70.7 Å². The zero-order chi connectivity index (χ0) is 23.3. The van der Waals surface area contributed by atoms with Crippen LogP contribution in [0.2, 0.25) is 0 Å². The fraction of sp³-hybridized carbons (Fsp3) is 0.273. The molecule has 9 nitrogen and oxygen atoms in total. The van der Waals surface area contributed by atoms with Crippen LogP contribution in [0.4, 0.5) is 10.5 Å². The molecule has 0 aliphatic carbocycles. The fourth-order valence-electron chi connectivity index (χ4n) is 2.69. The monoisotopic (exact) mass is 508 g/mol. The van der Waals surface area contributed by atoms with Crippen LogP contribution in [0.15, 0.2) is 65.2 Å². The smallest absolute Gasteiger partial charge is 0.412 e. The van der Waals surface area contributed by atoms with Crippen LogP contribution in [0.3, 0.4) is 0 Å². The number of rotatable bonds is 11. The summed E-state index contributed by atoms with van der Waals surface area (Å²) in [5.74, 6) is -0.218. The molecule has 4 N–H and O–H groups in total. The number of hydrogen-bond donors (Lipinski definition) is 4. The number of carbonyl (C=O) groups is 2. The van der Waals surface area contributed by atoms with E-state index in [9.17, 15) is 9.59 Å². The summed E-state index contributed by atoms with van der Waals surface area (Å²) in [6, 6.07) is 13.7. The summed E-state index contributed by atoms with van der Waals surface area (Å²) >= 11 is 3.33. The van der Waals surface area contributed by atoms with E-state index < -0.39 is 24.2 Å². The zero-order valence-electron chi connectivity index (χ0n) is 17.4. The van der Waals surface area contributed by atoms with Crippen molar-refractivity contribution < 1.29 is 34.1 Å². The molecule has 0 radical (unpaired) electrons. The molecule has 0 saturated heterocycles. The van der Waals surface area contributed by atoms with E-state index in [1.807, 2.05) is 0 Å². The number of nitrogens with one attached hydrogen (secondary N) is 2. The van der Waals surface area contributed by atoms with Gasteiger partial charge in [0.2, 0.25) is 0 Å². The first-order chi connectivity index (χ1) is 15.5. The van der Waals surface area contributed by atoms with Crippen LogP contribution < -0.4 is 15.5 Å². The fourth-order valence-corrected chi connectivity index (χ4v) is 2.96. The summed E-state index contributed by atoms with van der Waals surface area (Å²) in [6.07, 6.45) is 0.0186. The summed E-state index contributed by atoms with van der Waals surface area (Å²) < 4.78 is 17.6. The lowest BCUT2D eigenvalue weighted by Gasteiger charge is -2.25. The van der Waals surface area contributed by atoms with Crippen LogP contribution in [0.5, 0.6) is 5.75 Å². The summed E-state index contributed by atoms with van der Waals surface area (Å²) in [7, 11) is 0. The van der Waals surface area contributed by atoms with Gasteiger partial charge in [-0.1, -0.05) is 28.1 Å². The van der Waals surface area contributed by atoms with E-state index in [1.54, 1.807) is 55.5 Å². The molecule has 2 aromatic carbocycles. The van der Waals surface area contributed by atoms with Gasteiger partial charge in [0.25, 0.3) is 5.91 Å². The molecule has 2 atom stereocenters. The molecule has 10 heteroatoms. The van der Waals surface area contributed by atoms with Gasteiger partial charge in [-0.2, -0.15) is 0 Å². The first kappa shape index (κ1) is 25.3. The van der Waals surface area contributed by atoms with Crippen LogP contribution in [0, 0.1) is 0 Å². The molecule has 32 heavy (non-hydrogen) atoms. The SMILES string of the molecule is CCO[C@@H](/C=C/C(=O)NO)[C@@H](OC(=O)Nc1ccc(Br)cc1)c1ccc(OCCO)cc1. The van der Waals surface area contributed by atoms with E-state index in [0.29, 0.717) is 17.0 Å². The number of aliphatic hydroxyl groups excluding tert-OH is 1. The van der Waals surface area contributed by atoms with E-state index in [0.717, 1.165) is 10.5 Å². The molecule has 0 spiro atoms. The Kier molecular flexibility index (Phi) is 10.7. The summed E-state index contributed by atoms with van der Waals surface area (Å²) in [5.41, 5.74) is 2.62. The third kappa shape index (κ3) is 8.31. The number of carbonyl (C=O) groups excluding carboxylic acids is 2. The number of benzene rings is 2. The van der Waals surface area contributed by atoms with Gasteiger partial charge in [0.05, 0.1) is 6.61 Å². The summed E-state index contributed by atoms with van der Waals surface area (Å²) in [6.45, 7) is 2.07. The lowest BCUT2D eigenvalue weighted by molar-refractivity contribution is -0.124. The first-order valence-electron chi connectivity index (χ1n) is 9.77. The quantitative estimate of drug-likeness (QED) is 0.207. The molecule has 2 rings (SSSR count). The highest BCUT2D eigenvalue weighted by Gasteiger charge is 2.26. The van der Waals surface area contributed by atoms with Gasteiger partial charge in [-0.15, -0.1) is 0 Å². The average Bonchev–Trinajstić information content (AvgIpc) is 2.80. The minimum Gasteiger partial charge on any atom is -0.491 e. The second kappa shape index (κ2) is 13.5. The third-order valence-electron chi connectivity index (χ3n) is 4.10. The van der Waals surface area contributed by atoms with Crippen LogP contribution in [0.1, 0.15) is 18.6 Å². The topological polar surface area (TPSA) is 126 Å². The number of anilines is 1. The Morgan fingerprint density at radius 1 is 1.12 bits per heavy atom. The molecule has 0 saturated carbocycles. The molecule has 0 bridgehead atoms. The van der Waals surface area contributed by atoms with Crippen molar-refractivity contribution in [2.24, 2.45) is 0 Å². The molecule has 0 fully saturated rings. The molecule has 172 valence electrons. The second-order valence-electron chi connectivity index (χ2n) is 6.35. The Morgan fingerprint density at radius 3 is 2.41 bits per heavy atom. The van der Waals surface area contributed by atoms with Crippen molar-refractivity contribution in [1.29, 1.82) is 0 Å². The Bertz CT molecular complexity index is 888. The van der Waals surface area contributed by atoms with Gasteiger partial charge in [-0.25, -0.2) is 10.3 Å². The normalized spacial score (nSPS) is 12.8. The van der Waals surface area contributed by atoms with Crippen molar-refractivity contribution in [2.75, 3.05) is 25.1 Å². The molecular formula is C22H25BrN2O7. The largest absolute Gasteiger partial charge is 0.491 e. The number of amides is 2. The van der Waals surface area contributed by atoms with Gasteiger partial charge in [-0.3, -0.25) is 15.3 Å². The van der Waals surface area contributed by atoms with Gasteiger partial charge < -0.3 is 19.3 Å². The molecule has 0 aliphatic heterocycles. The van der Waals surface area contributed by atoms with E-state index >= 15 is 0 Å². The van der Waals surface area contributed by atoms with Crippen LogP contribution in [-0.4, -0.2) is 48.2 Å². The summed E-state index contributed by atoms with van der Waals surface area (Å²) in [5, 5.41) is 20.3. The molecule has 0 unspecified atom stereocenters. The first-order valence-corrected chi connectivity index (χ1v) is 10.6. The van der Waals surface area contributed by atoms with Crippen LogP contribution in [-0.2, 0) is 14.3 Å². The van der Waals surface area contributed by atoms with Gasteiger partial charge in [-0.05, 0) is 55.0 Å². The van der Waals surface area contributed by atoms with Crippen molar-refractivity contribution in [3.63, 3.8) is 0 Å². The highest BCUT2D eigenvalue weighted by molar-refractivity contribution is 9.10. The van der Waals surface area contributed by atoms with Crippen LogP contribution >= 0.6 is 15.9 Å². The van der Waals surface area contributed by atoms with E-state index in [2.05, 4.69) is 21.2 Å². The third-order valence-corrected chi connectivity index (χ3v) is 4.63. The van der Waals surface area contributed by atoms with Crippen molar-refractivity contribution in [1.82, 2.24) is 5.48 Å². The maximum atomic E-state index is 12.6. The molecule has 2 amide bonds. The summed E-state index contributed by atoms with van der Waals surface area (Å²) in [4.78, 5) is 24.0. The van der Waals surface area contributed by atoms with Gasteiger partial charge in [0.1, 0.15) is 18.5 Å². The second-order valence-corrected chi connectivity index (χ2v) is 7.27. The van der Waals surface area contributed by atoms with Crippen molar-refractivity contribution in [3.8, 4) is 5.75 Å². The van der Waals surface area contributed by atoms with Gasteiger partial charge in [0, 0.05) is 22.8 Å². The lowest BCUT2D eigenvalue weighted by Crippen LogP contribution is -2.28. The number of ether oxygens (including phenoxy) is 3. The highest BCUT2D eigenvalue weighted by Crippen LogP contribution is 2.27. The number of halogens is 1. The Hall–Kier alpha value is -2.92. The van der Waals surface area contributed by atoms with Crippen molar-refractivity contribution >= 4 is 33.6 Å². The minimum atomic E-state index is -0.917. The Labute approximate surface area is 194 Å². The lowest BCUT2D eigenvalue weighted by atomic mass is 10.0. The number of hydroxylamine groups is 1.